The van der Waals surface area contributed by atoms with Crippen molar-refractivity contribution in [1.82, 2.24) is 10.3 Å². The maximum absolute atomic E-state index is 11.6. The Labute approximate surface area is 94.1 Å². The largest absolute Gasteiger partial charge is 0.350 e. The minimum absolute atomic E-state index is 0.106. The van der Waals surface area contributed by atoms with E-state index in [1.165, 1.54) is 6.07 Å². The van der Waals surface area contributed by atoms with E-state index in [9.17, 15) is 9.59 Å². The van der Waals surface area contributed by atoms with Gasteiger partial charge in [-0.15, -0.1) is 0 Å². The summed E-state index contributed by atoms with van der Waals surface area (Å²) in [5.74, 6) is -0.403. The number of rotatable bonds is 3. The summed E-state index contributed by atoms with van der Waals surface area (Å²) in [6.45, 7) is 5.67. The Morgan fingerprint density at radius 3 is 2.62 bits per heavy atom. The highest BCUT2D eigenvalue weighted by molar-refractivity contribution is 5.93. The molecule has 5 heteroatoms. The van der Waals surface area contributed by atoms with Crippen molar-refractivity contribution in [3.05, 3.63) is 33.7 Å². The highest BCUT2D eigenvalue weighted by Crippen LogP contribution is 1.96. The van der Waals surface area contributed by atoms with Gasteiger partial charge in [0.1, 0.15) is 5.56 Å². The molecule has 0 saturated carbocycles. The molecule has 0 unspecified atom stereocenters. The van der Waals surface area contributed by atoms with E-state index in [1.807, 2.05) is 0 Å². The molecule has 0 radical (unpaired) electrons. The molecule has 0 aromatic carbocycles. The summed E-state index contributed by atoms with van der Waals surface area (Å²) < 4.78 is 0. The zero-order valence-corrected chi connectivity index (χ0v) is 9.76. The van der Waals surface area contributed by atoms with Gasteiger partial charge in [0.2, 0.25) is 0 Å². The molecular weight excluding hydrogens is 206 g/mol. The number of H-pyrrole nitrogens is 1. The van der Waals surface area contributed by atoms with Gasteiger partial charge >= 0.3 is 0 Å². The van der Waals surface area contributed by atoms with Gasteiger partial charge in [-0.05, 0) is 32.9 Å². The van der Waals surface area contributed by atoms with E-state index in [4.69, 9.17) is 5.73 Å². The van der Waals surface area contributed by atoms with E-state index in [1.54, 1.807) is 26.8 Å². The molecule has 0 aliphatic heterocycles. The average Bonchev–Trinajstić information content (AvgIpc) is 2.13. The molecule has 0 spiro atoms. The number of carbonyl (C=O) groups is 1. The predicted octanol–water partition coefficient (Wildman–Crippen LogP) is 0.150. The average molecular weight is 223 g/mol. The van der Waals surface area contributed by atoms with Crippen molar-refractivity contribution in [2.45, 2.75) is 26.3 Å². The van der Waals surface area contributed by atoms with Gasteiger partial charge in [-0.3, -0.25) is 9.59 Å². The summed E-state index contributed by atoms with van der Waals surface area (Å²) >= 11 is 0. The highest BCUT2D eigenvalue weighted by Gasteiger charge is 2.15. The van der Waals surface area contributed by atoms with Gasteiger partial charge in [-0.25, -0.2) is 0 Å². The lowest BCUT2D eigenvalue weighted by Gasteiger charge is -2.18. The predicted molar refractivity (Wildman–Crippen MR) is 62.4 cm³/mol. The number of nitrogens with one attached hydrogen (secondary N) is 2. The SMILES string of the molecule is Cc1ccc(C(=O)NCC(C)(C)N)c(=O)[nH]1. The van der Waals surface area contributed by atoms with Crippen LogP contribution >= 0.6 is 0 Å². The lowest BCUT2D eigenvalue weighted by molar-refractivity contribution is 0.0944. The zero-order chi connectivity index (χ0) is 12.3. The van der Waals surface area contributed by atoms with Gasteiger partial charge in [0.25, 0.3) is 11.5 Å². The number of carbonyl (C=O) groups excluding carboxylic acids is 1. The Kier molecular flexibility index (Phi) is 3.49. The monoisotopic (exact) mass is 223 g/mol. The maximum atomic E-state index is 11.6. The van der Waals surface area contributed by atoms with Gasteiger partial charge in [0.05, 0.1) is 0 Å². The van der Waals surface area contributed by atoms with Gasteiger partial charge in [0, 0.05) is 17.8 Å². The zero-order valence-electron chi connectivity index (χ0n) is 9.76. The van der Waals surface area contributed by atoms with Crippen LogP contribution in [0.3, 0.4) is 0 Å². The summed E-state index contributed by atoms with van der Waals surface area (Å²) in [5.41, 5.74) is 5.68. The Morgan fingerprint density at radius 2 is 2.12 bits per heavy atom. The van der Waals surface area contributed by atoms with E-state index in [0.717, 1.165) is 5.69 Å². The normalized spacial score (nSPS) is 11.2. The van der Waals surface area contributed by atoms with Gasteiger partial charge < -0.3 is 16.0 Å². The Morgan fingerprint density at radius 1 is 1.50 bits per heavy atom. The molecular formula is C11H17N3O2. The number of hydrogen-bond donors (Lipinski definition) is 3. The third-order valence-corrected chi connectivity index (χ3v) is 2.00. The van der Waals surface area contributed by atoms with Crippen molar-refractivity contribution >= 4 is 5.91 Å². The molecule has 88 valence electrons. The maximum Gasteiger partial charge on any atom is 0.260 e. The quantitative estimate of drug-likeness (QED) is 0.681. The number of aromatic nitrogens is 1. The molecule has 0 aliphatic rings. The van der Waals surface area contributed by atoms with Crippen LogP contribution in [0.4, 0.5) is 0 Å². The number of aromatic amines is 1. The minimum Gasteiger partial charge on any atom is -0.350 e. The van der Waals surface area contributed by atoms with Crippen LogP contribution in [0.25, 0.3) is 0 Å². The van der Waals surface area contributed by atoms with Crippen molar-refractivity contribution in [1.29, 1.82) is 0 Å². The fourth-order valence-electron chi connectivity index (χ4n) is 1.15. The summed E-state index contributed by atoms with van der Waals surface area (Å²) in [4.78, 5) is 25.7. The lowest BCUT2D eigenvalue weighted by atomic mass is 10.1. The van der Waals surface area contributed by atoms with Crippen molar-refractivity contribution in [2.75, 3.05) is 6.54 Å². The number of hydrogen-bond acceptors (Lipinski definition) is 3. The van der Waals surface area contributed by atoms with Gasteiger partial charge in [0.15, 0.2) is 0 Å². The van der Waals surface area contributed by atoms with Crippen LogP contribution < -0.4 is 16.6 Å². The van der Waals surface area contributed by atoms with Crippen LogP contribution in [-0.2, 0) is 0 Å². The van der Waals surface area contributed by atoms with Crippen molar-refractivity contribution in [3.63, 3.8) is 0 Å². The second-order valence-electron chi connectivity index (χ2n) is 4.56. The summed E-state index contributed by atoms with van der Waals surface area (Å²) in [7, 11) is 0. The first kappa shape index (κ1) is 12.4. The molecule has 1 amide bonds. The molecule has 16 heavy (non-hydrogen) atoms. The van der Waals surface area contributed by atoms with Crippen molar-refractivity contribution in [2.24, 2.45) is 5.73 Å². The van der Waals surface area contributed by atoms with Crippen LogP contribution in [0.2, 0.25) is 0 Å². The molecule has 1 aromatic rings. The van der Waals surface area contributed by atoms with Crippen LogP contribution in [0.5, 0.6) is 0 Å². The molecule has 4 N–H and O–H groups in total. The first-order valence-corrected chi connectivity index (χ1v) is 5.06. The lowest BCUT2D eigenvalue weighted by Crippen LogP contribution is -2.45. The Balaban J connectivity index is 2.78. The van der Waals surface area contributed by atoms with Crippen LogP contribution in [0.15, 0.2) is 16.9 Å². The number of pyridine rings is 1. The number of amides is 1. The third-order valence-electron chi connectivity index (χ3n) is 2.00. The molecule has 1 rings (SSSR count). The van der Waals surface area contributed by atoms with E-state index in [2.05, 4.69) is 10.3 Å². The van der Waals surface area contributed by atoms with Crippen molar-refractivity contribution < 1.29 is 4.79 Å². The summed E-state index contributed by atoms with van der Waals surface area (Å²) in [6.07, 6.45) is 0. The van der Waals surface area contributed by atoms with Crippen LogP contribution in [0, 0.1) is 6.92 Å². The third kappa shape index (κ3) is 3.51. The summed E-state index contributed by atoms with van der Waals surface area (Å²) in [5, 5.41) is 2.62. The molecule has 0 atom stereocenters. The smallest absolute Gasteiger partial charge is 0.260 e. The van der Waals surface area contributed by atoms with E-state index < -0.39 is 11.4 Å². The Hall–Kier alpha value is -1.62. The molecule has 1 heterocycles. The first-order valence-electron chi connectivity index (χ1n) is 5.06. The van der Waals surface area contributed by atoms with E-state index >= 15 is 0 Å². The molecule has 0 saturated heterocycles. The van der Waals surface area contributed by atoms with Crippen molar-refractivity contribution in [3.8, 4) is 0 Å². The molecule has 0 aliphatic carbocycles. The summed E-state index contributed by atoms with van der Waals surface area (Å²) in [6, 6.07) is 3.19. The molecule has 0 fully saturated rings. The van der Waals surface area contributed by atoms with Crippen LogP contribution in [0.1, 0.15) is 29.9 Å². The topological polar surface area (TPSA) is 88.0 Å². The van der Waals surface area contributed by atoms with E-state index in [-0.39, 0.29) is 11.1 Å². The van der Waals surface area contributed by atoms with Crippen LogP contribution in [-0.4, -0.2) is 23.0 Å². The fourth-order valence-corrected chi connectivity index (χ4v) is 1.15. The number of nitrogens with two attached hydrogens (primary N) is 1. The molecule has 1 aromatic heterocycles. The second-order valence-corrected chi connectivity index (χ2v) is 4.56. The standard InChI is InChI=1S/C11H17N3O2/c1-7-4-5-8(10(16)14-7)9(15)13-6-11(2,3)12/h4-5H,6,12H2,1-3H3,(H,13,15)(H,14,16). The molecule has 0 bridgehead atoms. The molecule has 5 nitrogen and oxygen atoms in total. The second kappa shape index (κ2) is 4.49. The Bertz CT molecular complexity index is 443. The van der Waals surface area contributed by atoms with Gasteiger partial charge in [-0.1, -0.05) is 0 Å². The first-order chi connectivity index (χ1) is 7.29. The fraction of sp³-hybridized carbons (Fsp3) is 0.455. The minimum atomic E-state index is -0.493. The highest BCUT2D eigenvalue weighted by atomic mass is 16.2. The van der Waals surface area contributed by atoms with E-state index in [0.29, 0.717) is 6.54 Å². The number of aryl methyl sites for hydroxylation is 1. The van der Waals surface area contributed by atoms with Gasteiger partial charge in [-0.2, -0.15) is 0 Å².